The normalized spacial score (nSPS) is 10.1. The van der Waals surface area contributed by atoms with Crippen LogP contribution < -0.4 is 11.1 Å². The van der Waals surface area contributed by atoms with Crippen molar-refractivity contribution in [2.24, 2.45) is 5.73 Å². The fourth-order valence-electron chi connectivity index (χ4n) is 1.47. The third kappa shape index (κ3) is 7.79. The van der Waals surface area contributed by atoms with Crippen LogP contribution in [0.4, 0.5) is 0 Å². The number of ether oxygens (including phenoxy) is 1. The van der Waals surface area contributed by atoms with Gasteiger partial charge in [0.05, 0.1) is 5.01 Å². The Kier molecular flexibility index (Phi) is 11.7. The number of hydrogen-bond donors (Lipinski definition) is 2. The molecule has 7 heteroatoms. The lowest BCUT2D eigenvalue weighted by Gasteiger charge is -2.04. The van der Waals surface area contributed by atoms with Gasteiger partial charge in [-0.3, -0.25) is 4.79 Å². The second-order valence-electron chi connectivity index (χ2n) is 4.24. The van der Waals surface area contributed by atoms with Gasteiger partial charge in [-0.25, -0.2) is 4.98 Å². The summed E-state index contributed by atoms with van der Waals surface area (Å²) in [4.78, 5) is 16.0. The molecule has 0 aliphatic heterocycles. The maximum atomic E-state index is 11.8. The van der Waals surface area contributed by atoms with Gasteiger partial charge in [0, 0.05) is 31.6 Å². The molecule has 0 aliphatic rings. The maximum absolute atomic E-state index is 11.8. The second kappa shape index (κ2) is 12.1. The van der Waals surface area contributed by atoms with Crippen LogP contribution in [0.3, 0.4) is 0 Å². The van der Waals surface area contributed by atoms with E-state index in [0.29, 0.717) is 25.4 Å². The minimum Gasteiger partial charge on any atom is -0.381 e. The molecule has 0 aromatic carbocycles. The van der Waals surface area contributed by atoms with E-state index in [1.807, 2.05) is 0 Å². The number of carbonyl (C=O) groups excluding carboxylic acids is 1. The molecule has 5 nitrogen and oxygen atoms in total. The smallest absolute Gasteiger partial charge is 0.270 e. The number of rotatable bonds is 10. The van der Waals surface area contributed by atoms with E-state index in [2.05, 4.69) is 17.2 Å². The highest BCUT2D eigenvalue weighted by atomic mass is 35.5. The first-order valence-corrected chi connectivity index (χ1v) is 7.66. The van der Waals surface area contributed by atoms with Crippen LogP contribution in [0.5, 0.6) is 0 Å². The number of hydrogen-bond acceptors (Lipinski definition) is 5. The van der Waals surface area contributed by atoms with Crippen LogP contribution in [0.2, 0.25) is 0 Å². The Labute approximate surface area is 130 Å². The molecule has 0 fully saturated rings. The number of nitrogens with one attached hydrogen (secondary N) is 1. The first-order valence-electron chi connectivity index (χ1n) is 6.78. The third-order valence-corrected chi connectivity index (χ3v) is 3.44. The van der Waals surface area contributed by atoms with Crippen LogP contribution in [0.1, 0.15) is 41.7 Å². The number of aromatic nitrogens is 1. The molecule has 116 valence electrons. The van der Waals surface area contributed by atoms with Crippen molar-refractivity contribution in [3.05, 3.63) is 16.1 Å². The Balaban J connectivity index is 0.00000361. The Morgan fingerprint density at radius 2 is 2.20 bits per heavy atom. The third-order valence-electron chi connectivity index (χ3n) is 2.54. The number of carbonyl (C=O) groups is 1. The van der Waals surface area contributed by atoms with Crippen molar-refractivity contribution in [2.45, 2.75) is 32.6 Å². The van der Waals surface area contributed by atoms with Gasteiger partial charge in [-0.2, -0.15) is 0 Å². The Morgan fingerprint density at radius 3 is 2.90 bits per heavy atom. The van der Waals surface area contributed by atoms with Crippen molar-refractivity contribution in [2.75, 3.05) is 26.3 Å². The number of amides is 1. The van der Waals surface area contributed by atoms with Crippen molar-refractivity contribution in [3.8, 4) is 0 Å². The number of halogens is 1. The monoisotopic (exact) mass is 321 g/mol. The zero-order valence-electron chi connectivity index (χ0n) is 11.9. The van der Waals surface area contributed by atoms with E-state index in [-0.39, 0.29) is 18.3 Å². The lowest BCUT2D eigenvalue weighted by atomic mass is 10.3. The topological polar surface area (TPSA) is 77.2 Å². The molecule has 0 saturated carbocycles. The summed E-state index contributed by atoms with van der Waals surface area (Å²) in [6, 6.07) is 0. The zero-order valence-corrected chi connectivity index (χ0v) is 13.5. The average Bonchev–Trinajstić information content (AvgIpc) is 2.87. The van der Waals surface area contributed by atoms with Crippen LogP contribution in [0, 0.1) is 0 Å². The molecule has 3 N–H and O–H groups in total. The Morgan fingerprint density at radius 1 is 1.45 bits per heavy atom. The molecule has 1 aromatic rings. The summed E-state index contributed by atoms with van der Waals surface area (Å²) in [7, 11) is 0. The fourth-order valence-corrected chi connectivity index (χ4v) is 2.26. The average molecular weight is 322 g/mol. The van der Waals surface area contributed by atoms with Crippen LogP contribution in [0.15, 0.2) is 5.38 Å². The van der Waals surface area contributed by atoms with Gasteiger partial charge in [-0.15, -0.1) is 23.7 Å². The molecule has 1 rings (SSSR count). The predicted octanol–water partition coefficient (Wildman–Crippen LogP) is 2.00. The van der Waals surface area contributed by atoms with Crippen LogP contribution in [-0.4, -0.2) is 37.2 Å². The fraction of sp³-hybridized carbons (Fsp3) is 0.692. The first-order chi connectivity index (χ1) is 9.27. The van der Waals surface area contributed by atoms with E-state index in [1.165, 1.54) is 11.3 Å². The molecular formula is C13H24ClN3O2S. The molecule has 0 spiro atoms. The maximum Gasteiger partial charge on any atom is 0.270 e. The highest BCUT2D eigenvalue weighted by molar-refractivity contribution is 7.09. The first kappa shape index (κ1) is 19.3. The summed E-state index contributed by atoms with van der Waals surface area (Å²) < 4.78 is 5.42. The molecule has 0 radical (unpaired) electrons. The number of nitrogens with zero attached hydrogens (tertiary/aromatic N) is 1. The highest BCUT2D eigenvalue weighted by Crippen LogP contribution is 2.09. The van der Waals surface area contributed by atoms with Gasteiger partial charge in [0.25, 0.3) is 5.91 Å². The molecular weight excluding hydrogens is 298 g/mol. The minimum atomic E-state index is -0.118. The molecule has 20 heavy (non-hydrogen) atoms. The van der Waals surface area contributed by atoms with E-state index in [1.54, 1.807) is 5.38 Å². The summed E-state index contributed by atoms with van der Waals surface area (Å²) in [5.74, 6) is -0.118. The largest absolute Gasteiger partial charge is 0.381 e. The van der Waals surface area contributed by atoms with Crippen molar-refractivity contribution in [1.29, 1.82) is 0 Å². The van der Waals surface area contributed by atoms with Gasteiger partial charge in [0.15, 0.2) is 0 Å². The van der Waals surface area contributed by atoms with E-state index in [4.69, 9.17) is 10.5 Å². The van der Waals surface area contributed by atoms with Gasteiger partial charge in [0.1, 0.15) is 5.69 Å². The summed E-state index contributed by atoms with van der Waals surface area (Å²) in [6.45, 7) is 4.81. The lowest BCUT2D eigenvalue weighted by molar-refractivity contribution is 0.0936. The molecule has 1 heterocycles. The summed E-state index contributed by atoms with van der Waals surface area (Å²) in [5, 5.41) is 5.53. The molecule has 0 bridgehead atoms. The molecule has 0 saturated heterocycles. The van der Waals surface area contributed by atoms with Gasteiger partial charge in [-0.1, -0.05) is 13.3 Å². The summed E-state index contributed by atoms with van der Waals surface area (Å²) in [6.07, 6.45) is 3.79. The van der Waals surface area contributed by atoms with E-state index < -0.39 is 0 Å². The molecule has 0 unspecified atom stereocenters. The van der Waals surface area contributed by atoms with E-state index in [9.17, 15) is 4.79 Å². The quantitative estimate of drug-likeness (QED) is 0.646. The van der Waals surface area contributed by atoms with Gasteiger partial charge in [-0.05, 0) is 19.4 Å². The van der Waals surface area contributed by atoms with Crippen molar-refractivity contribution in [1.82, 2.24) is 10.3 Å². The standard InChI is InChI=1S/C13H23N3O2S.ClH/c1-2-3-8-18-9-4-7-15-13(17)11-10-19-12(16-11)5-6-14;/h10H,2-9,14H2,1H3,(H,15,17);1H. The van der Waals surface area contributed by atoms with Crippen LogP contribution in [-0.2, 0) is 11.2 Å². The van der Waals surface area contributed by atoms with Crippen molar-refractivity contribution in [3.63, 3.8) is 0 Å². The molecule has 0 atom stereocenters. The zero-order chi connectivity index (χ0) is 13.9. The SMILES string of the molecule is CCCCOCCCNC(=O)c1csc(CCN)n1.Cl. The predicted molar refractivity (Wildman–Crippen MR) is 84.8 cm³/mol. The lowest BCUT2D eigenvalue weighted by Crippen LogP contribution is -2.25. The van der Waals surface area contributed by atoms with Gasteiger partial charge >= 0.3 is 0 Å². The van der Waals surface area contributed by atoms with E-state index in [0.717, 1.165) is 37.3 Å². The van der Waals surface area contributed by atoms with Crippen LogP contribution >= 0.6 is 23.7 Å². The Bertz CT molecular complexity index is 374. The molecule has 1 amide bonds. The number of thiazole rings is 1. The minimum absolute atomic E-state index is 0. The molecule has 0 aliphatic carbocycles. The van der Waals surface area contributed by atoms with Gasteiger partial charge < -0.3 is 15.8 Å². The van der Waals surface area contributed by atoms with Gasteiger partial charge in [0.2, 0.25) is 0 Å². The number of unbranched alkanes of at least 4 members (excludes halogenated alkanes) is 1. The van der Waals surface area contributed by atoms with E-state index >= 15 is 0 Å². The highest BCUT2D eigenvalue weighted by Gasteiger charge is 2.09. The Hall–Kier alpha value is -0.690. The van der Waals surface area contributed by atoms with Crippen molar-refractivity contribution < 1.29 is 9.53 Å². The second-order valence-corrected chi connectivity index (χ2v) is 5.18. The summed E-state index contributed by atoms with van der Waals surface area (Å²) in [5.41, 5.74) is 5.93. The van der Waals surface area contributed by atoms with Crippen molar-refractivity contribution >= 4 is 29.7 Å². The number of nitrogens with two attached hydrogens (primary N) is 1. The molecule has 1 aromatic heterocycles. The van der Waals surface area contributed by atoms with Crippen LogP contribution in [0.25, 0.3) is 0 Å². The summed E-state index contributed by atoms with van der Waals surface area (Å²) >= 11 is 1.48.